The summed E-state index contributed by atoms with van der Waals surface area (Å²) in [5.41, 5.74) is 6.20. The largest absolute Gasteiger partial charge is 0.339 e. The van der Waals surface area contributed by atoms with Crippen molar-refractivity contribution >= 4 is 27.5 Å². The molecular weight excluding hydrogens is 336 g/mol. The van der Waals surface area contributed by atoms with Gasteiger partial charge in [0.15, 0.2) is 0 Å². The summed E-state index contributed by atoms with van der Waals surface area (Å²) in [7, 11) is 0. The number of benzene rings is 2. The van der Waals surface area contributed by atoms with Gasteiger partial charge < -0.3 is 5.32 Å². The van der Waals surface area contributed by atoms with Crippen molar-refractivity contribution < 1.29 is 0 Å². The maximum Gasteiger partial charge on any atom is 0.133 e. The molecule has 1 N–H and O–H groups in total. The summed E-state index contributed by atoms with van der Waals surface area (Å²) >= 11 is 3.60. The molecule has 1 heterocycles. The minimum Gasteiger partial charge on any atom is -0.339 e. The third-order valence-electron chi connectivity index (χ3n) is 4.14. The minimum atomic E-state index is -0.0850. The highest BCUT2D eigenvalue weighted by Crippen LogP contribution is 2.30. The van der Waals surface area contributed by atoms with Crippen LogP contribution < -0.4 is 5.32 Å². The molecule has 0 saturated heterocycles. The number of nitrogens with one attached hydrogen (secondary N) is 1. The SMILES string of the molecule is Cc1cc2c(cc1C)C(Nc1ccccc1Br)=NC(C)(C)C2. The van der Waals surface area contributed by atoms with Crippen LogP contribution in [0.4, 0.5) is 5.69 Å². The highest BCUT2D eigenvalue weighted by molar-refractivity contribution is 9.10. The number of nitrogens with zero attached hydrogens (tertiary/aromatic N) is 1. The van der Waals surface area contributed by atoms with Crippen LogP contribution in [0.15, 0.2) is 45.9 Å². The quantitative estimate of drug-likeness (QED) is 0.740. The van der Waals surface area contributed by atoms with Crippen LogP contribution in [0.2, 0.25) is 0 Å². The van der Waals surface area contributed by atoms with Gasteiger partial charge in [-0.2, -0.15) is 0 Å². The number of aryl methyl sites for hydroxylation is 2. The van der Waals surface area contributed by atoms with Gasteiger partial charge in [-0.3, -0.25) is 4.99 Å². The molecule has 0 amide bonds. The Balaban J connectivity index is 2.08. The number of fused-ring (bicyclic) bond motifs is 1. The fourth-order valence-electron chi connectivity index (χ4n) is 2.90. The summed E-state index contributed by atoms with van der Waals surface area (Å²) in [6.07, 6.45) is 0.977. The Morgan fingerprint density at radius 3 is 2.50 bits per heavy atom. The molecule has 0 aliphatic carbocycles. The predicted molar refractivity (Wildman–Crippen MR) is 98.0 cm³/mol. The standard InChI is InChI=1S/C19H21BrN2/c1-12-9-14-11-19(3,4)22-18(15(14)10-13(12)2)21-17-8-6-5-7-16(17)20/h5-10H,11H2,1-4H3,(H,21,22). The van der Waals surface area contributed by atoms with E-state index in [1.54, 1.807) is 0 Å². The molecule has 0 bridgehead atoms. The van der Waals surface area contributed by atoms with Crippen LogP contribution in [0.5, 0.6) is 0 Å². The first-order valence-electron chi connectivity index (χ1n) is 7.58. The van der Waals surface area contributed by atoms with Crippen molar-refractivity contribution in [3.63, 3.8) is 0 Å². The molecule has 114 valence electrons. The van der Waals surface area contributed by atoms with E-state index in [1.807, 2.05) is 18.2 Å². The lowest BCUT2D eigenvalue weighted by atomic mass is 9.86. The van der Waals surface area contributed by atoms with Gasteiger partial charge in [-0.15, -0.1) is 0 Å². The Labute approximate surface area is 140 Å². The van der Waals surface area contributed by atoms with Crippen LogP contribution in [0, 0.1) is 13.8 Å². The Kier molecular flexibility index (Phi) is 3.85. The van der Waals surface area contributed by atoms with Crippen molar-refractivity contribution in [2.75, 3.05) is 5.32 Å². The number of hydrogen-bond acceptors (Lipinski definition) is 2. The highest BCUT2D eigenvalue weighted by atomic mass is 79.9. The van der Waals surface area contributed by atoms with Gasteiger partial charge in [-0.05, 0) is 84.9 Å². The molecule has 1 aliphatic rings. The van der Waals surface area contributed by atoms with Gasteiger partial charge in [-0.1, -0.05) is 18.2 Å². The van der Waals surface area contributed by atoms with Gasteiger partial charge in [0, 0.05) is 10.0 Å². The Morgan fingerprint density at radius 1 is 1.09 bits per heavy atom. The Bertz CT molecular complexity index is 760. The molecule has 0 unspecified atom stereocenters. The fourth-order valence-corrected chi connectivity index (χ4v) is 3.28. The summed E-state index contributed by atoms with van der Waals surface area (Å²) in [6, 6.07) is 12.7. The van der Waals surface area contributed by atoms with Crippen molar-refractivity contribution in [3.05, 3.63) is 63.1 Å². The zero-order chi connectivity index (χ0) is 15.9. The smallest absolute Gasteiger partial charge is 0.133 e. The van der Waals surface area contributed by atoms with Gasteiger partial charge >= 0.3 is 0 Å². The second-order valence-electron chi connectivity index (χ2n) is 6.65. The van der Waals surface area contributed by atoms with Crippen molar-refractivity contribution in [1.82, 2.24) is 0 Å². The van der Waals surface area contributed by atoms with Crippen LogP contribution in [-0.2, 0) is 6.42 Å². The molecule has 0 fully saturated rings. The van der Waals surface area contributed by atoms with Crippen molar-refractivity contribution in [2.45, 2.75) is 39.7 Å². The number of aliphatic imine (C=N–C) groups is 1. The van der Waals surface area contributed by atoms with E-state index in [0.29, 0.717) is 0 Å². The normalized spacial score (nSPS) is 16.0. The third-order valence-corrected chi connectivity index (χ3v) is 4.83. The molecule has 1 aliphatic heterocycles. The average molecular weight is 357 g/mol. The lowest BCUT2D eigenvalue weighted by Gasteiger charge is -2.30. The van der Waals surface area contributed by atoms with E-state index in [1.165, 1.54) is 22.3 Å². The summed E-state index contributed by atoms with van der Waals surface area (Å²) in [5.74, 6) is 0.959. The number of amidine groups is 1. The topological polar surface area (TPSA) is 24.4 Å². The number of hydrogen-bond donors (Lipinski definition) is 1. The van der Waals surface area contributed by atoms with E-state index < -0.39 is 0 Å². The maximum absolute atomic E-state index is 4.95. The molecular formula is C19H21BrN2. The molecule has 0 radical (unpaired) electrons. The van der Waals surface area contributed by atoms with Crippen molar-refractivity contribution in [1.29, 1.82) is 0 Å². The molecule has 3 rings (SSSR count). The summed E-state index contributed by atoms with van der Waals surface area (Å²) in [5, 5.41) is 3.51. The molecule has 2 nitrogen and oxygen atoms in total. The van der Waals surface area contributed by atoms with E-state index in [9.17, 15) is 0 Å². The second kappa shape index (κ2) is 5.54. The first kappa shape index (κ1) is 15.3. The van der Waals surface area contributed by atoms with Crippen LogP contribution >= 0.6 is 15.9 Å². The molecule has 0 aromatic heterocycles. The van der Waals surface area contributed by atoms with Gasteiger partial charge in [0.05, 0.1) is 11.2 Å². The highest BCUT2D eigenvalue weighted by Gasteiger charge is 2.27. The lowest BCUT2D eigenvalue weighted by Crippen LogP contribution is -2.32. The summed E-state index contributed by atoms with van der Waals surface area (Å²) in [4.78, 5) is 4.95. The summed E-state index contributed by atoms with van der Waals surface area (Å²) in [6.45, 7) is 8.71. The van der Waals surface area contributed by atoms with Gasteiger partial charge in [0.1, 0.15) is 5.84 Å². The fraction of sp³-hybridized carbons (Fsp3) is 0.316. The van der Waals surface area contributed by atoms with Crippen LogP contribution in [-0.4, -0.2) is 11.4 Å². The van der Waals surface area contributed by atoms with E-state index >= 15 is 0 Å². The second-order valence-corrected chi connectivity index (χ2v) is 7.50. The molecule has 2 aromatic rings. The number of para-hydroxylation sites is 1. The monoisotopic (exact) mass is 356 g/mol. The van der Waals surface area contributed by atoms with E-state index in [-0.39, 0.29) is 5.54 Å². The Hall–Kier alpha value is -1.61. The third kappa shape index (κ3) is 2.95. The zero-order valence-electron chi connectivity index (χ0n) is 13.5. The van der Waals surface area contributed by atoms with Crippen LogP contribution in [0.3, 0.4) is 0 Å². The van der Waals surface area contributed by atoms with Gasteiger partial charge in [0.25, 0.3) is 0 Å². The summed E-state index contributed by atoms with van der Waals surface area (Å²) < 4.78 is 1.05. The van der Waals surface area contributed by atoms with Gasteiger partial charge in [0.2, 0.25) is 0 Å². The molecule has 3 heteroatoms. The predicted octanol–water partition coefficient (Wildman–Crippen LogP) is 5.26. The molecule has 0 spiro atoms. The van der Waals surface area contributed by atoms with Crippen LogP contribution in [0.25, 0.3) is 0 Å². The Morgan fingerprint density at radius 2 is 1.77 bits per heavy atom. The van der Waals surface area contributed by atoms with Crippen molar-refractivity contribution in [2.24, 2.45) is 4.99 Å². The molecule has 0 saturated carbocycles. The van der Waals surface area contributed by atoms with E-state index in [2.05, 4.69) is 67.1 Å². The van der Waals surface area contributed by atoms with Gasteiger partial charge in [-0.25, -0.2) is 0 Å². The van der Waals surface area contributed by atoms with Crippen molar-refractivity contribution in [3.8, 4) is 0 Å². The first-order valence-corrected chi connectivity index (χ1v) is 8.37. The molecule has 22 heavy (non-hydrogen) atoms. The maximum atomic E-state index is 4.95. The number of rotatable bonds is 1. The zero-order valence-corrected chi connectivity index (χ0v) is 15.1. The molecule has 2 aromatic carbocycles. The van der Waals surface area contributed by atoms with E-state index in [4.69, 9.17) is 4.99 Å². The molecule has 0 atom stereocenters. The average Bonchev–Trinajstić information content (AvgIpc) is 2.43. The number of halogens is 1. The number of anilines is 1. The van der Waals surface area contributed by atoms with E-state index in [0.717, 1.165) is 22.4 Å². The minimum absolute atomic E-state index is 0.0850. The lowest BCUT2D eigenvalue weighted by molar-refractivity contribution is 0.513. The first-order chi connectivity index (χ1) is 10.4. The van der Waals surface area contributed by atoms with Crippen LogP contribution in [0.1, 0.15) is 36.1 Å².